The van der Waals surface area contributed by atoms with Gasteiger partial charge in [0, 0.05) is 6.42 Å². The van der Waals surface area contributed by atoms with E-state index in [9.17, 15) is 61.0 Å². The predicted octanol–water partition coefficient (Wildman–Crippen LogP) is 13.1. The molecule has 576 valence electrons. The molecule has 3 fully saturated rings. The highest BCUT2D eigenvalue weighted by atomic mass is 16.8. The van der Waals surface area contributed by atoms with Gasteiger partial charge in [-0.05, 0) is 57.8 Å². The molecule has 0 spiro atoms. The minimum atomic E-state index is -1.98. The fraction of sp³-hybridized carbons (Fsp3) is 0.911. The maximum Gasteiger partial charge on any atom is 0.220 e. The second-order valence-corrected chi connectivity index (χ2v) is 28.9. The molecule has 1 amide bonds. The van der Waals surface area contributed by atoms with E-state index in [1.165, 1.54) is 257 Å². The third-order valence-electron chi connectivity index (χ3n) is 20.2. The number of aliphatic hydroxyl groups excluding tert-OH is 11. The van der Waals surface area contributed by atoms with Crippen LogP contribution in [0.25, 0.3) is 0 Å². The first-order chi connectivity index (χ1) is 47.8. The number of hydrogen-bond acceptors (Lipinski definition) is 18. The Morgan fingerprint density at radius 2 is 0.653 bits per heavy atom. The molecule has 0 bridgehead atoms. The maximum atomic E-state index is 13.4. The number of amides is 1. The first-order valence-electron chi connectivity index (χ1n) is 40.2. The van der Waals surface area contributed by atoms with Crippen LogP contribution < -0.4 is 5.32 Å². The SMILES string of the molecule is CCCCCCCC/C=C/CC/C=C/C(O)C(COC1OC(CO)C(OC2OC(CO)C(OC3OC(CO)C(O)C(O)C3O)C(O)C2O)C(O)C1O)NC(=O)CCCCCCCCCCCCCCCCCCCCCCCCCCCCCCC/C=C\CCCCCCCCCC. The molecular formula is C79H147NO18. The average Bonchev–Trinajstić information content (AvgIpc) is 0.785. The van der Waals surface area contributed by atoms with Gasteiger partial charge < -0.3 is 89.9 Å². The molecular weight excluding hydrogens is 1250 g/mol. The Bertz CT molecular complexity index is 1910. The van der Waals surface area contributed by atoms with Crippen LogP contribution in [0.2, 0.25) is 0 Å². The molecule has 3 heterocycles. The molecule has 12 N–H and O–H groups in total. The summed E-state index contributed by atoms with van der Waals surface area (Å²) < 4.78 is 34.3. The van der Waals surface area contributed by atoms with Crippen molar-refractivity contribution in [2.24, 2.45) is 0 Å². The maximum absolute atomic E-state index is 13.4. The van der Waals surface area contributed by atoms with E-state index in [1.807, 2.05) is 6.08 Å². The van der Waals surface area contributed by atoms with E-state index in [0.717, 1.165) is 38.5 Å². The van der Waals surface area contributed by atoms with Crippen LogP contribution in [-0.2, 0) is 33.2 Å². The van der Waals surface area contributed by atoms with Crippen LogP contribution in [0.3, 0.4) is 0 Å². The Morgan fingerprint density at radius 1 is 0.357 bits per heavy atom. The molecule has 19 nitrogen and oxygen atoms in total. The Hall–Kier alpha value is -1.99. The van der Waals surface area contributed by atoms with Gasteiger partial charge in [-0.25, -0.2) is 0 Å². The zero-order valence-corrected chi connectivity index (χ0v) is 61.5. The van der Waals surface area contributed by atoms with E-state index in [4.69, 9.17) is 28.4 Å². The number of carbonyl (C=O) groups excluding carboxylic acids is 1. The van der Waals surface area contributed by atoms with Crippen molar-refractivity contribution in [2.45, 2.75) is 433 Å². The number of allylic oxidation sites excluding steroid dienone is 5. The third kappa shape index (κ3) is 40.3. The molecule has 98 heavy (non-hydrogen) atoms. The number of carbonyl (C=O) groups is 1. The molecule has 0 aromatic heterocycles. The summed E-state index contributed by atoms with van der Waals surface area (Å²) in [7, 11) is 0. The minimum absolute atomic E-state index is 0.240. The lowest BCUT2D eigenvalue weighted by molar-refractivity contribution is -0.379. The van der Waals surface area contributed by atoms with E-state index in [1.54, 1.807) is 6.08 Å². The molecule has 17 atom stereocenters. The van der Waals surface area contributed by atoms with Gasteiger partial charge in [0.25, 0.3) is 0 Å². The van der Waals surface area contributed by atoms with Crippen LogP contribution in [0.4, 0.5) is 0 Å². The van der Waals surface area contributed by atoms with Crippen LogP contribution in [-0.4, -0.2) is 193 Å². The van der Waals surface area contributed by atoms with Crippen molar-refractivity contribution < 1.29 is 89.4 Å². The van der Waals surface area contributed by atoms with Crippen molar-refractivity contribution >= 4 is 5.91 Å². The van der Waals surface area contributed by atoms with Crippen LogP contribution in [0.1, 0.15) is 328 Å². The Labute approximate surface area is 593 Å². The van der Waals surface area contributed by atoms with Gasteiger partial charge in [0.2, 0.25) is 5.91 Å². The van der Waals surface area contributed by atoms with Crippen LogP contribution in [0, 0.1) is 0 Å². The van der Waals surface area contributed by atoms with Gasteiger partial charge in [-0.15, -0.1) is 0 Å². The van der Waals surface area contributed by atoms with Gasteiger partial charge in [-0.2, -0.15) is 0 Å². The van der Waals surface area contributed by atoms with Gasteiger partial charge >= 0.3 is 0 Å². The summed E-state index contributed by atoms with van der Waals surface area (Å²) in [5.41, 5.74) is 0. The second-order valence-electron chi connectivity index (χ2n) is 28.9. The standard InChI is InChI=1S/C79H147NO18/c1-3-5-7-9-11-13-15-17-18-19-20-21-22-23-24-25-26-27-28-29-30-31-32-33-34-35-36-37-38-39-40-41-42-43-44-45-47-49-51-53-55-57-67(85)80-62(63(84)56-54-52-50-48-46-16-14-12-10-8-6-4-2)61-93-77-73(91)70(88)75(65(59-82)95-77)98-79-74(92)71(89)76(66(60-83)96-79)97-78-72(90)69(87)68(86)64(58-81)94-78/h19-20,46,48,54,56,62-66,68-79,81-84,86-92H,3-18,21-45,47,49-53,55,57-61H2,1-2H3,(H,80,85)/b20-19-,48-46+,56-54+. The lowest BCUT2D eigenvalue weighted by Crippen LogP contribution is -2.66. The molecule has 0 aromatic rings. The lowest BCUT2D eigenvalue weighted by atomic mass is 9.96. The van der Waals surface area contributed by atoms with Gasteiger partial charge in [-0.1, -0.05) is 301 Å². The smallest absolute Gasteiger partial charge is 0.220 e. The van der Waals surface area contributed by atoms with E-state index < -0.39 is 124 Å². The summed E-state index contributed by atoms with van der Waals surface area (Å²) in [5, 5.41) is 120. The van der Waals surface area contributed by atoms with Crippen molar-refractivity contribution in [1.29, 1.82) is 0 Å². The molecule has 3 saturated heterocycles. The summed E-state index contributed by atoms with van der Waals surface area (Å²) in [6.45, 7) is 1.72. The fourth-order valence-electron chi connectivity index (χ4n) is 13.7. The highest BCUT2D eigenvalue weighted by Crippen LogP contribution is 2.33. The van der Waals surface area contributed by atoms with Gasteiger partial charge in [0.15, 0.2) is 18.9 Å². The molecule has 0 radical (unpaired) electrons. The number of ether oxygens (including phenoxy) is 6. The Kier molecular flexibility index (Phi) is 55.5. The third-order valence-corrected chi connectivity index (χ3v) is 20.2. The number of aliphatic hydroxyl groups is 11. The predicted molar refractivity (Wildman–Crippen MR) is 388 cm³/mol. The largest absolute Gasteiger partial charge is 0.394 e. The first-order valence-corrected chi connectivity index (χ1v) is 40.2. The van der Waals surface area contributed by atoms with Crippen LogP contribution in [0.15, 0.2) is 36.5 Å². The van der Waals surface area contributed by atoms with Crippen LogP contribution in [0.5, 0.6) is 0 Å². The zero-order chi connectivity index (χ0) is 71.1. The lowest BCUT2D eigenvalue weighted by Gasteiger charge is -2.48. The molecule has 3 aliphatic rings. The second kappa shape index (κ2) is 60.3. The normalized spacial score (nSPS) is 26.9. The summed E-state index contributed by atoms with van der Waals surface area (Å²) in [5.74, 6) is -0.281. The van der Waals surface area contributed by atoms with Crippen molar-refractivity contribution in [1.82, 2.24) is 5.32 Å². The molecule has 19 heteroatoms. The number of unbranched alkanes of at least 4 members (excludes halogenated alkanes) is 44. The van der Waals surface area contributed by atoms with E-state index in [0.29, 0.717) is 12.8 Å². The summed E-state index contributed by atoms with van der Waals surface area (Å²) in [6, 6.07) is -0.987. The first kappa shape index (κ1) is 90.2. The summed E-state index contributed by atoms with van der Waals surface area (Å²) in [6.07, 6.45) is 47.7. The fourth-order valence-corrected chi connectivity index (χ4v) is 13.7. The van der Waals surface area contributed by atoms with Crippen LogP contribution >= 0.6 is 0 Å². The molecule has 3 rings (SSSR count). The Balaban J connectivity index is 1.25. The van der Waals surface area contributed by atoms with Gasteiger partial charge in [-0.3, -0.25) is 4.79 Å². The molecule has 3 aliphatic heterocycles. The van der Waals surface area contributed by atoms with Gasteiger partial charge in [0.1, 0.15) is 73.2 Å². The topological polar surface area (TPSA) is 307 Å². The van der Waals surface area contributed by atoms with Crippen molar-refractivity contribution in [3.63, 3.8) is 0 Å². The average molecular weight is 1400 g/mol. The van der Waals surface area contributed by atoms with Crippen molar-refractivity contribution in [3.8, 4) is 0 Å². The zero-order valence-electron chi connectivity index (χ0n) is 61.5. The highest BCUT2D eigenvalue weighted by molar-refractivity contribution is 5.76. The summed E-state index contributed by atoms with van der Waals surface area (Å²) in [4.78, 5) is 13.4. The number of hydrogen-bond donors (Lipinski definition) is 12. The van der Waals surface area contributed by atoms with Crippen molar-refractivity contribution in [3.05, 3.63) is 36.5 Å². The van der Waals surface area contributed by atoms with Gasteiger partial charge in [0.05, 0.1) is 38.6 Å². The monoisotopic (exact) mass is 1400 g/mol. The molecule has 0 saturated carbocycles. The highest BCUT2D eigenvalue weighted by Gasteiger charge is 2.54. The Morgan fingerprint density at radius 3 is 1.02 bits per heavy atom. The minimum Gasteiger partial charge on any atom is -0.394 e. The molecule has 17 unspecified atom stereocenters. The van der Waals surface area contributed by atoms with Crippen molar-refractivity contribution in [2.75, 3.05) is 26.4 Å². The number of nitrogens with one attached hydrogen (secondary N) is 1. The number of rotatable bonds is 64. The van der Waals surface area contributed by atoms with E-state index >= 15 is 0 Å². The molecule has 0 aliphatic carbocycles. The molecule has 0 aromatic carbocycles. The summed E-state index contributed by atoms with van der Waals surface area (Å²) >= 11 is 0. The quantitative estimate of drug-likeness (QED) is 0.0199. The van der Waals surface area contributed by atoms with E-state index in [-0.39, 0.29) is 18.9 Å². The van der Waals surface area contributed by atoms with E-state index in [2.05, 4.69) is 43.5 Å².